The maximum atomic E-state index is 8.09. The zero-order chi connectivity index (χ0) is 14.7. The van der Waals surface area contributed by atoms with Crippen molar-refractivity contribution in [1.82, 2.24) is 4.98 Å². The van der Waals surface area contributed by atoms with Crippen LogP contribution >= 0.6 is 0 Å². The lowest BCUT2D eigenvalue weighted by Gasteiger charge is -2.33. The van der Waals surface area contributed by atoms with E-state index in [9.17, 15) is 0 Å². The third-order valence-electron chi connectivity index (χ3n) is 3.60. The van der Waals surface area contributed by atoms with Gasteiger partial charge in [0.1, 0.15) is 5.60 Å². The molecule has 0 aliphatic carbocycles. The summed E-state index contributed by atoms with van der Waals surface area (Å²) < 4.78 is 11.1. The minimum atomic E-state index is -0.696. The smallest absolute Gasteiger partial charge is 0.333 e. The third-order valence-corrected chi connectivity index (χ3v) is 3.60. The Morgan fingerprint density at radius 3 is 2.47 bits per heavy atom. The molecule has 0 spiro atoms. The molecule has 1 atom stereocenters. The predicted octanol–water partition coefficient (Wildman–Crippen LogP) is 1.33. The SMILES string of the molecule is COC(C)c1ncccc1[B]OC(C)(C)C(C)(C)[OH2+]. The van der Waals surface area contributed by atoms with E-state index in [2.05, 4.69) is 4.98 Å². The van der Waals surface area contributed by atoms with Crippen LogP contribution in [0.15, 0.2) is 18.3 Å². The third kappa shape index (κ3) is 4.03. The molecule has 4 nitrogen and oxygen atoms in total. The molecule has 0 fully saturated rings. The summed E-state index contributed by atoms with van der Waals surface area (Å²) >= 11 is 0. The summed E-state index contributed by atoms with van der Waals surface area (Å²) in [7, 11) is 3.33. The number of pyridine rings is 1. The van der Waals surface area contributed by atoms with E-state index in [1.54, 1.807) is 20.8 Å². The highest BCUT2D eigenvalue weighted by molar-refractivity contribution is 6.47. The van der Waals surface area contributed by atoms with Gasteiger partial charge in [0.05, 0.1) is 11.8 Å². The highest BCUT2D eigenvalue weighted by atomic mass is 16.5. The second-order valence-electron chi connectivity index (χ2n) is 5.73. The molecule has 2 N–H and O–H groups in total. The van der Waals surface area contributed by atoms with Gasteiger partial charge in [-0.2, -0.15) is 0 Å². The molecular weight excluding hydrogens is 241 g/mol. The summed E-state index contributed by atoms with van der Waals surface area (Å²) in [6.07, 6.45) is 1.64. The summed E-state index contributed by atoms with van der Waals surface area (Å²) in [4.78, 5) is 4.33. The van der Waals surface area contributed by atoms with Crippen LogP contribution in [0.5, 0.6) is 0 Å². The minimum Gasteiger partial charge on any atom is -0.439 e. The molecule has 1 heterocycles. The first-order valence-corrected chi connectivity index (χ1v) is 6.43. The van der Waals surface area contributed by atoms with Crippen LogP contribution in [0.4, 0.5) is 0 Å². The normalized spacial score (nSPS) is 14.3. The van der Waals surface area contributed by atoms with Gasteiger partial charge in [0.15, 0.2) is 5.60 Å². The Bertz CT molecular complexity index is 415. The standard InChI is InChI=1S/C14H23BNO3/c1-10(18-6)12-11(8-7-9-16-12)15-19-14(4,5)13(2,3)17/h7-10,17H,1-6H3/p+1. The predicted molar refractivity (Wildman–Crippen MR) is 77.9 cm³/mol. The topological polar surface area (TPSA) is 54.2 Å². The average Bonchev–Trinajstić information content (AvgIpc) is 2.34. The molecule has 5 heteroatoms. The van der Waals surface area contributed by atoms with Gasteiger partial charge >= 0.3 is 7.48 Å². The number of methoxy groups -OCH3 is 1. The molecule has 1 unspecified atom stereocenters. The maximum absolute atomic E-state index is 8.09. The van der Waals surface area contributed by atoms with Gasteiger partial charge < -0.3 is 14.5 Å². The number of hydrogen-bond acceptors (Lipinski definition) is 3. The second kappa shape index (κ2) is 6.03. The van der Waals surface area contributed by atoms with Crippen molar-refractivity contribution < 1.29 is 14.5 Å². The number of nitrogens with zero attached hydrogens (tertiary/aromatic N) is 1. The molecule has 1 aromatic heterocycles. The monoisotopic (exact) mass is 265 g/mol. The van der Waals surface area contributed by atoms with E-state index in [1.165, 1.54) is 0 Å². The van der Waals surface area contributed by atoms with Gasteiger partial charge in [0.2, 0.25) is 0 Å². The van der Waals surface area contributed by atoms with Crippen molar-refractivity contribution in [2.45, 2.75) is 51.9 Å². The minimum absolute atomic E-state index is 0.0943. The van der Waals surface area contributed by atoms with Gasteiger partial charge in [-0.25, -0.2) is 0 Å². The molecule has 0 saturated carbocycles. The van der Waals surface area contributed by atoms with Crippen LogP contribution in [0, 0.1) is 0 Å². The van der Waals surface area contributed by atoms with E-state index in [0.717, 1.165) is 11.2 Å². The number of rotatable bonds is 6. The fourth-order valence-corrected chi connectivity index (χ4v) is 1.34. The summed E-state index contributed by atoms with van der Waals surface area (Å²) in [5.41, 5.74) is 0.438. The fraction of sp³-hybridized carbons (Fsp3) is 0.643. The van der Waals surface area contributed by atoms with Crippen LogP contribution in [0.25, 0.3) is 0 Å². The average molecular weight is 265 g/mol. The van der Waals surface area contributed by atoms with Gasteiger partial charge in [-0.1, -0.05) is 6.07 Å². The van der Waals surface area contributed by atoms with Crippen molar-refractivity contribution in [2.24, 2.45) is 0 Å². The molecule has 105 valence electrons. The van der Waals surface area contributed by atoms with Gasteiger partial charge in [0.25, 0.3) is 0 Å². The highest BCUT2D eigenvalue weighted by Crippen LogP contribution is 2.24. The first kappa shape index (κ1) is 16.2. The van der Waals surface area contributed by atoms with Crippen LogP contribution in [0.3, 0.4) is 0 Å². The summed E-state index contributed by atoms with van der Waals surface area (Å²) in [5, 5.41) is 8.09. The van der Waals surface area contributed by atoms with Gasteiger partial charge in [0, 0.05) is 27.2 Å². The molecular formula is C14H24BNO3+. The van der Waals surface area contributed by atoms with Crippen LogP contribution in [-0.4, -0.2) is 35.9 Å². The first-order valence-electron chi connectivity index (χ1n) is 6.43. The van der Waals surface area contributed by atoms with E-state index < -0.39 is 11.2 Å². The van der Waals surface area contributed by atoms with E-state index in [0.29, 0.717) is 0 Å². The molecule has 19 heavy (non-hydrogen) atoms. The van der Waals surface area contributed by atoms with E-state index in [4.69, 9.17) is 14.5 Å². The summed E-state index contributed by atoms with van der Waals surface area (Å²) in [6.45, 7) is 9.43. The molecule has 0 aliphatic rings. The fourth-order valence-electron chi connectivity index (χ4n) is 1.34. The van der Waals surface area contributed by atoms with Crippen LogP contribution in [0.2, 0.25) is 0 Å². The zero-order valence-electron chi connectivity index (χ0n) is 12.7. The van der Waals surface area contributed by atoms with Gasteiger partial charge in [-0.05, 0) is 32.3 Å². The van der Waals surface area contributed by atoms with Crippen molar-refractivity contribution in [1.29, 1.82) is 0 Å². The van der Waals surface area contributed by atoms with Crippen molar-refractivity contribution in [3.05, 3.63) is 24.0 Å². The Morgan fingerprint density at radius 1 is 1.32 bits per heavy atom. The Morgan fingerprint density at radius 2 is 1.95 bits per heavy atom. The Kier molecular flexibility index (Phi) is 5.13. The van der Waals surface area contributed by atoms with Crippen molar-refractivity contribution in [3.8, 4) is 0 Å². The van der Waals surface area contributed by atoms with Gasteiger partial charge in [-0.3, -0.25) is 4.98 Å². The largest absolute Gasteiger partial charge is 0.439 e. The van der Waals surface area contributed by atoms with E-state index >= 15 is 0 Å². The molecule has 0 bridgehead atoms. The van der Waals surface area contributed by atoms with Gasteiger partial charge in [-0.15, -0.1) is 0 Å². The van der Waals surface area contributed by atoms with Crippen molar-refractivity contribution >= 4 is 12.9 Å². The highest BCUT2D eigenvalue weighted by Gasteiger charge is 2.40. The number of aromatic nitrogens is 1. The second-order valence-corrected chi connectivity index (χ2v) is 5.73. The van der Waals surface area contributed by atoms with Crippen molar-refractivity contribution in [3.63, 3.8) is 0 Å². The van der Waals surface area contributed by atoms with Crippen LogP contribution in [-0.2, 0) is 9.39 Å². The molecule has 1 radical (unpaired) electrons. The lowest BCUT2D eigenvalue weighted by Crippen LogP contribution is -2.49. The van der Waals surface area contributed by atoms with E-state index in [-0.39, 0.29) is 6.10 Å². The van der Waals surface area contributed by atoms with E-state index in [1.807, 2.05) is 46.8 Å². The number of ether oxygens (including phenoxy) is 1. The zero-order valence-corrected chi connectivity index (χ0v) is 12.7. The molecule has 0 saturated heterocycles. The Balaban J connectivity index is 2.84. The lowest BCUT2D eigenvalue weighted by atomic mass is 9.81. The maximum Gasteiger partial charge on any atom is 0.333 e. The quantitative estimate of drug-likeness (QED) is 0.576. The lowest BCUT2D eigenvalue weighted by molar-refractivity contribution is -0.0893. The molecule has 1 rings (SSSR count). The summed E-state index contributed by atoms with van der Waals surface area (Å²) in [6, 6.07) is 3.80. The molecule has 0 amide bonds. The molecule has 1 aromatic rings. The van der Waals surface area contributed by atoms with Crippen LogP contribution in [0.1, 0.15) is 46.4 Å². The summed E-state index contributed by atoms with van der Waals surface area (Å²) in [5.74, 6) is 0. The van der Waals surface area contributed by atoms with Crippen LogP contribution < -0.4 is 5.46 Å². The number of hydrogen-bond donors (Lipinski definition) is 0. The Hall–Kier alpha value is -0.905. The first-order chi connectivity index (χ1) is 8.69. The Labute approximate surface area is 116 Å². The van der Waals surface area contributed by atoms with Crippen molar-refractivity contribution in [2.75, 3.05) is 7.11 Å². The molecule has 0 aromatic carbocycles. The molecule has 0 aliphatic heterocycles.